The maximum atomic E-state index is 12.7. The molecule has 1 saturated heterocycles. The topological polar surface area (TPSA) is 114 Å². The Balaban J connectivity index is 1.08. The number of nitrogens with zero attached hydrogens (tertiary/aromatic N) is 3. The summed E-state index contributed by atoms with van der Waals surface area (Å²) in [4.78, 5) is 34.8. The van der Waals surface area contributed by atoms with E-state index in [1.54, 1.807) is 42.6 Å². The van der Waals surface area contributed by atoms with Crippen molar-refractivity contribution in [1.29, 1.82) is 0 Å². The van der Waals surface area contributed by atoms with Gasteiger partial charge >= 0.3 is 5.97 Å². The van der Waals surface area contributed by atoms with Crippen LogP contribution in [-0.2, 0) is 0 Å². The Bertz CT molecular complexity index is 1400. The molecule has 2 aromatic carbocycles. The highest BCUT2D eigenvalue weighted by molar-refractivity contribution is 6.04. The van der Waals surface area contributed by atoms with Crippen LogP contribution >= 0.6 is 0 Å². The largest absolute Gasteiger partial charge is 0.493 e. The zero-order chi connectivity index (χ0) is 27.0. The van der Waals surface area contributed by atoms with Crippen molar-refractivity contribution >= 4 is 23.4 Å². The van der Waals surface area contributed by atoms with Crippen LogP contribution in [0.1, 0.15) is 33.6 Å². The lowest BCUT2D eigenvalue weighted by Crippen LogP contribution is -2.36. The van der Waals surface area contributed by atoms with Crippen LogP contribution in [0.5, 0.6) is 17.4 Å². The molecule has 0 atom stereocenters. The molecule has 1 aliphatic heterocycles. The number of hydrogen-bond acceptors (Lipinski definition) is 7. The van der Waals surface area contributed by atoms with Gasteiger partial charge in [0.2, 0.25) is 5.88 Å². The first-order valence-corrected chi connectivity index (χ1v) is 12.7. The van der Waals surface area contributed by atoms with Crippen LogP contribution in [0.15, 0.2) is 91.3 Å². The molecule has 1 fully saturated rings. The van der Waals surface area contributed by atoms with E-state index in [1.807, 2.05) is 42.5 Å². The number of hydrogen-bond donors (Lipinski definition) is 2. The van der Waals surface area contributed by atoms with E-state index in [0.29, 0.717) is 41.2 Å². The van der Waals surface area contributed by atoms with E-state index in [4.69, 9.17) is 14.6 Å². The van der Waals surface area contributed by atoms with Crippen molar-refractivity contribution in [2.24, 2.45) is 5.92 Å². The van der Waals surface area contributed by atoms with Gasteiger partial charge in [-0.15, -0.1) is 0 Å². The Hall–Kier alpha value is -4.92. The van der Waals surface area contributed by atoms with Crippen molar-refractivity contribution in [3.8, 4) is 17.4 Å². The summed E-state index contributed by atoms with van der Waals surface area (Å²) in [6.45, 7) is 2.22. The average Bonchev–Trinajstić information content (AvgIpc) is 2.98. The molecule has 4 aromatic rings. The molecule has 39 heavy (non-hydrogen) atoms. The SMILES string of the molecule is O=C(O)c1cccc(OCC2CCN(c3ccc(NC(=O)c4ccc(Oc5ccccc5)nc4)cn3)CC2)c1. The van der Waals surface area contributed by atoms with Crippen molar-refractivity contribution in [3.63, 3.8) is 0 Å². The van der Waals surface area contributed by atoms with Gasteiger partial charge in [-0.2, -0.15) is 0 Å². The predicted octanol–water partition coefficient (Wildman–Crippen LogP) is 5.51. The third-order valence-corrected chi connectivity index (χ3v) is 6.48. The van der Waals surface area contributed by atoms with Gasteiger partial charge < -0.3 is 24.8 Å². The number of ether oxygens (including phenoxy) is 2. The zero-order valence-corrected chi connectivity index (χ0v) is 21.2. The van der Waals surface area contributed by atoms with Crippen molar-refractivity contribution in [2.45, 2.75) is 12.8 Å². The van der Waals surface area contributed by atoms with Gasteiger partial charge in [-0.3, -0.25) is 4.79 Å². The zero-order valence-electron chi connectivity index (χ0n) is 21.2. The van der Waals surface area contributed by atoms with Crippen molar-refractivity contribution in [3.05, 3.63) is 102 Å². The summed E-state index contributed by atoms with van der Waals surface area (Å²) in [5.41, 5.74) is 1.23. The number of anilines is 2. The minimum Gasteiger partial charge on any atom is -0.493 e. The molecule has 5 rings (SSSR count). The molecular weight excluding hydrogens is 496 g/mol. The summed E-state index contributed by atoms with van der Waals surface area (Å²) < 4.78 is 11.5. The number of carboxylic acid groups (broad SMARTS) is 1. The highest BCUT2D eigenvalue weighted by Gasteiger charge is 2.21. The molecule has 9 nitrogen and oxygen atoms in total. The second-order valence-electron chi connectivity index (χ2n) is 9.23. The lowest BCUT2D eigenvalue weighted by Gasteiger charge is -2.32. The monoisotopic (exact) mass is 524 g/mol. The maximum absolute atomic E-state index is 12.7. The summed E-state index contributed by atoms with van der Waals surface area (Å²) >= 11 is 0. The summed E-state index contributed by atoms with van der Waals surface area (Å²) in [6.07, 6.45) is 5.01. The first-order chi connectivity index (χ1) is 19.0. The molecule has 2 aromatic heterocycles. The van der Waals surface area contributed by atoms with Crippen molar-refractivity contribution in [1.82, 2.24) is 9.97 Å². The number of nitrogens with one attached hydrogen (secondary N) is 1. The molecular formula is C30H28N4O5. The third-order valence-electron chi connectivity index (χ3n) is 6.48. The van der Waals surface area contributed by atoms with Gasteiger partial charge in [0.25, 0.3) is 5.91 Å². The third kappa shape index (κ3) is 6.89. The van der Waals surface area contributed by atoms with Gasteiger partial charge in [0.05, 0.1) is 29.6 Å². The number of amides is 1. The van der Waals surface area contributed by atoms with Crippen LogP contribution in [0.4, 0.5) is 11.5 Å². The number of aromatic carboxylic acids is 1. The summed E-state index contributed by atoms with van der Waals surface area (Å²) in [5, 5.41) is 12.0. The molecule has 198 valence electrons. The van der Waals surface area contributed by atoms with Crippen molar-refractivity contribution < 1.29 is 24.2 Å². The van der Waals surface area contributed by atoms with Gasteiger partial charge in [-0.05, 0) is 67.3 Å². The van der Waals surface area contributed by atoms with E-state index >= 15 is 0 Å². The molecule has 3 heterocycles. The lowest BCUT2D eigenvalue weighted by atomic mass is 9.98. The van der Waals surface area contributed by atoms with Crippen LogP contribution in [-0.4, -0.2) is 46.6 Å². The standard InChI is InChI=1S/C30H28N4O5/c35-29(23-9-12-28(32-18-23)39-25-6-2-1-3-7-25)33-24-10-11-27(31-19-24)34-15-13-21(14-16-34)20-38-26-8-4-5-22(17-26)30(36)37/h1-12,17-19,21H,13-16,20H2,(H,33,35)(H,36,37). The number of aromatic nitrogens is 2. The highest BCUT2D eigenvalue weighted by Crippen LogP contribution is 2.24. The van der Waals surface area contributed by atoms with Gasteiger partial charge in [0.15, 0.2) is 0 Å². The van der Waals surface area contributed by atoms with Gasteiger partial charge in [-0.1, -0.05) is 24.3 Å². The highest BCUT2D eigenvalue weighted by atomic mass is 16.5. The molecule has 0 unspecified atom stereocenters. The fraction of sp³-hybridized carbons (Fsp3) is 0.200. The van der Waals surface area contributed by atoms with E-state index in [0.717, 1.165) is 31.7 Å². The Morgan fingerprint density at radius 3 is 2.36 bits per heavy atom. The molecule has 2 N–H and O–H groups in total. The van der Waals surface area contributed by atoms with Gasteiger partial charge in [0, 0.05) is 25.4 Å². The van der Waals surface area contributed by atoms with E-state index in [-0.39, 0.29) is 11.5 Å². The lowest BCUT2D eigenvalue weighted by molar-refractivity contribution is 0.0696. The minimum absolute atomic E-state index is 0.219. The number of carbonyl (C=O) groups excluding carboxylic acids is 1. The Morgan fingerprint density at radius 2 is 1.67 bits per heavy atom. The first kappa shape index (κ1) is 25.7. The van der Waals surface area contributed by atoms with Crippen LogP contribution < -0.4 is 19.7 Å². The van der Waals surface area contributed by atoms with Gasteiger partial charge in [0.1, 0.15) is 17.3 Å². The van der Waals surface area contributed by atoms with Crippen LogP contribution in [0.2, 0.25) is 0 Å². The van der Waals surface area contributed by atoms with Gasteiger partial charge in [-0.25, -0.2) is 14.8 Å². The molecule has 0 radical (unpaired) electrons. The Labute approximate surface area is 226 Å². The number of benzene rings is 2. The molecule has 9 heteroatoms. The number of carbonyl (C=O) groups is 2. The van der Waals surface area contributed by atoms with E-state index in [1.165, 1.54) is 6.20 Å². The average molecular weight is 525 g/mol. The second-order valence-corrected chi connectivity index (χ2v) is 9.23. The number of pyridine rings is 2. The molecule has 0 saturated carbocycles. The molecule has 1 aliphatic rings. The normalized spacial score (nSPS) is 13.5. The Morgan fingerprint density at radius 1 is 0.872 bits per heavy atom. The predicted molar refractivity (Wildman–Crippen MR) is 147 cm³/mol. The number of carboxylic acids is 1. The van der Waals surface area contributed by atoms with E-state index in [2.05, 4.69) is 20.2 Å². The molecule has 0 spiro atoms. The quantitative estimate of drug-likeness (QED) is 0.294. The minimum atomic E-state index is -0.966. The van der Waals surface area contributed by atoms with Crippen LogP contribution in [0.3, 0.4) is 0 Å². The number of para-hydroxylation sites is 1. The summed E-state index contributed by atoms with van der Waals surface area (Å²) in [5.74, 6) is 1.65. The number of piperidine rings is 1. The smallest absolute Gasteiger partial charge is 0.335 e. The second kappa shape index (κ2) is 12.1. The first-order valence-electron chi connectivity index (χ1n) is 12.7. The summed E-state index contributed by atoms with van der Waals surface area (Å²) in [6, 6.07) is 23.0. The van der Waals surface area contributed by atoms with Crippen LogP contribution in [0, 0.1) is 5.92 Å². The molecule has 0 aliphatic carbocycles. The van der Waals surface area contributed by atoms with E-state index in [9.17, 15) is 9.59 Å². The molecule has 0 bridgehead atoms. The number of rotatable bonds is 9. The fourth-order valence-corrected chi connectivity index (χ4v) is 4.30. The van der Waals surface area contributed by atoms with E-state index < -0.39 is 5.97 Å². The summed E-state index contributed by atoms with van der Waals surface area (Å²) in [7, 11) is 0. The van der Waals surface area contributed by atoms with Crippen LogP contribution in [0.25, 0.3) is 0 Å². The Kier molecular flexibility index (Phi) is 7.97. The fourth-order valence-electron chi connectivity index (χ4n) is 4.30. The molecule has 1 amide bonds. The maximum Gasteiger partial charge on any atom is 0.335 e. The van der Waals surface area contributed by atoms with Crippen molar-refractivity contribution in [2.75, 3.05) is 29.9 Å².